The average Bonchev–Trinajstić information content (AvgIpc) is 2.37. The zero-order valence-electron chi connectivity index (χ0n) is 11.7. The molecule has 0 bridgehead atoms. The molecule has 4 heteroatoms. The van der Waals surface area contributed by atoms with E-state index in [1.807, 2.05) is 25.1 Å². The molecule has 1 fully saturated rings. The van der Waals surface area contributed by atoms with E-state index >= 15 is 0 Å². The molecule has 3 amide bonds. The number of para-hydroxylation sites is 1. The Morgan fingerprint density at radius 1 is 1.21 bits per heavy atom. The normalized spacial score (nSPS) is 20.3. The molecule has 1 aliphatic heterocycles. The summed E-state index contributed by atoms with van der Waals surface area (Å²) < 4.78 is 0. The molecule has 1 aromatic rings. The maximum absolute atomic E-state index is 12.4. The lowest BCUT2D eigenvalue weighted by Crippen LogP contribution is -2.57. The van der Waals surface area contributed by atoms with Crippen molar-refractivity contribution in [3.8, 4) is 0 Å². The van der Waals surface area contributed by atoms with Gasteiger partial charge in [-0.25, -0.2) is 9.69 Å². The van der Waals surface area contributed by atoms with Crippen LogP contribution in [0.1, 0.15) is 20.8 Å². The first kappa shape index (κ1) is 13.6. The number of nitrogens with zero attached hydrogens (tertiary/aromatic N) is 2. The largest absolute Gasteiger partial charge is 0.331 e. The van der Waals surface area contributed by atoms with Crippen LogP contribution in [0.5, 0.6) is 0 Å². The number of hydrogen-bond acceptors (Lipinski definition) is 2. The van der Waals surface area contributed by atoms with Gasteiger partial charge in [0.2, 0.25) is 5.91 Å². The molecule has 0 aromatic heterocycles. The number of hydrogen-bond donors (Lipinski definition) is 0. The lowest BCUT2D eigenvalue weighted by atomic mass is 10.1. The molecule has 19 heavy (non-hydrogen) atoms. The molecule has 102 valence electrons. The molecule has 0 unspecified atom stereocenters. The lowest BCUT2D eigenvalue weighted by molar-refractivity contribution is -0.122. The van der Waals surface area contributed by atoms with Gasteiger partial charge in [-0.3, -0.25) is 4.79 Å². The number of carbonyl (C=O) groups is 2. The number of anilines is 1. The molecule has 0 N–H and O–H groups in total. The molecular weight excluding hydrogens is 240 g/mol. The van der Waals surface area contributed by atoms with Gasteiger partial charge in [0.15, 0.2) is 0 Å². The Labute approximate surface area is 114 Å². The van der Waals surface area contributed by atoms with Crippen LogP contribution in [0.4, 0.5) is 10.5 Å². The van der Waals surface area contributed by atoms with E-state index < -0.39 is 0 Å². The SMILES string of the molecule is CC(C)CN1C[C@@H](C)C(=O)N(c2ccccc2)C1=O. The van der Waals surface area contributed by atoms with E-state index in [0.717, 1.165) is 0 Å². The van der Waals surface area contributed by atoms with Crippen LogP contribution in [0, 0.1) is 11.8 Å². The summed E-state index contributed by atoms with van der Waals surface area (Å²) in [4.78, 5) is 27.8. The second-order valence-corrected chi connectivity index (χ2v) is 5.49. The maximum Gasteiger partial charge on any atom is 0.331 e. The van der Waals surface area contributed by atoms with Crippen molar-refractivity contribution in [2.24, 2.45) is 11.8 Å². The fraction of sp³-hybridized carbons (Fsp3) is 0.467. The Bertz CT molecular complexity index is 470. The first-order valence-electron chi connectivity index (χ1n) is 6.68. The Kier molecular flexibility index (Phi) is 3.88. The monoisotopic (exact) mass is 260 g/mol. The molecule has 4 nitrogen and oxygen atoms in total. The molecule has 1 heterocycles. The van der Waals surface area contributed by atoms with Gasteiger partial charge in [-0.15, -0.1) is 0 Å². The molecule has 2 rings (SSSR count). The summed E-state index contributed by atoms with van der Waals surface area (Å²) in [5.41, 5.74) is 0.651. The van der Waals surface area contributed by atoms with Crippen molar-refractivity contribution >= 4 is 17.6 Å². The van der Waals surface area contributed by atoms with E-state index in [1.165, 1.54) is 4.90 Å². The van der Waals surface area contributed by atoms with E-state index in [2.05, 4.69) is 13.8 Å². The minimum absolute atomic E-state index is 0.115. The first-order chi connectivity index (χ1) is 9.00. The first-order valence-corrected chi connectivity index (χ1v) is 6.68. The molecule has 1 aromatic carbocycles. The van der Waals surface area contributed by atoms with Crippen molar-refractivity contribution in [2.45, 2.75) is 20.8 Å². The molecule has 1 aliphatic rings. The number of carbonyl (C=O) groups excluding carboxylic acids is 2. The Morgan fingerprint density at radius 3 is 2.42 bits per heavy atom. The minimum atomic E-state index is -0.206. The number of benzene rings is 1. The molecule has 1 saturated heterocycles. The second-order valence-electron chi connectivity index (χ2n) is 5.49. The molecular formula is C15H20N2O2. The van der Waals surface area contributed by atoms with Gasteiger partial charge in [-0.2, -0.15) is 0 Å². The Hall–Kier alpha value is -1.84. The number of amides is 3. The highest BCUT2D eigenvalue weighted by molar-refractivity contribution is 6.16. The molecule has 1 atom stereocenters. The van der Waals surface area contributed by atoms with Gasteiger partial charge in [-0.1, -0.05) is 39.0 Å². The highest BCUT2D eigenvalue weighted by Crippen LogP contribution is 2.23. The summed E-state index contributed by atoms with van der Waals surface area (Å²) in [5, 5.41) is 0. The average molecular weight is 260 g/mol. The van der Waals surface area contributed by atoms with E-state index in [0.29, 0.717) is 24.7 Å². The van der Waals surface area contributed by atoms with Crippen molar-refractivity contribution in [1.29, 1.82) is 0 Å². The standard InChI is InChI=1S/C15H20N2O2/c1-11(2)9-16-10-12(3)14(18)17(15(16)19)13-7-5-4-6-8-13/h4-8,11-12H,9-10H2,1-3H3/t12-/m1/s1. The predicted molar refractivity (Wildman–Crippen MR) is 74.9 cm³/mol. The topological polar surface area (TPSA) is 40.6 Å². The fourth-order valence-corrected chi connectivity index (χ4v) is 2.35. The predicted octanol–water partition coefficient (Wildman–Crippen LogP) is 2.75. The summed E-state index contributed by atoms with van der Waals surface area (Å²) in [5.74, 6) is 0.120. The molecule has 0 aliphatic carbocycles. The van der Waals surface area contributed by atoms with E-state index in [1.54, 1.807) is 17.0 Å². The smallest absolute Gasteiger partial charge is 0.323 e. The summed E-state index contributed by atoms with van der Waals surface area (Å²) >= 11 is 0. The van der Waals surface area contributed by atoms with Gasteiger partial charge in [0, 0.05) is 13.1 Å². The number of rotatable bonds is 3. The lowest BCUT2D eigenvalue weighted by Gasteiger charge is -2.38. The van der Waals surface area contributed by atoms with E-state index in [4.69, 9.17) is 0 Å². The van der Waals surface area contributed by atoms with Gasteiger partial charge < -0.3 is 4.90 Å². The highest BCUT2D eigenvalue weighted by atomic mass is 16.2. The highest BCUT2D eigenvalue weighted by Gasteiger charge is 2.37. The summed E-state index contributed by atoms with van der Waals surface area (Å²) in [7, 11) is 0. The number of urea groups is 1. The van der Waals surface area contributed by atoms with Crippen LogP contribution in [0.2, 0.25) is 0 Å². The van der Waals surface area contributed by atoms with Gasteiger partial charge in [0.05, 0.1) is 11.6 Å². The third-order valence-electron chi connectivity index (χ3n) is 3.20. The van der Waals surface area contributed by atoms with Crippen molar-refractivity contribution in [1.82, 2.24) is 4.90 Å². The van der Waals surface area contributed by atoms with Crippen molar-refractivity contribution in [3.63, 3.8) is 0 Å². The molecule has 0 radical (unpaired) electrons. The number of imide groups is 1. The van der Waals surface area contributed by atoms with E-state index in [9.17, 15) is 9.59 Å². The third kappa shape index (κ3) is 2.78. The van der Waals surface area contributed by atoms with Gasteiger partial charge in [0.1, 0.15) is 0 Å². The van der Waals surface area contributed by atoms with Crippen LogP contribution in [0.15, 0.2) is 30.3 Å². The van der Waals surface area contributed by atoms with Crippen LogP contribution in [-0.4, -0.2) is 29.9 Å². The Morgan fingerprint density at radius 2 is 1.84 bits per heavy atom. The van der Waals surface area contributed by atoms with E-state index in [-0.39, 0.29) is 17.9 Å². The summed E-state index contributed by atoms with van der Waals surface area (Å²) in [6.07, 6.45) is 0. The zero-order chi connectivity index (χ0) is 14.0. The van der Waals surface area contributed by atoms with Gasteiger partial charge >= 0.3 is 6.03 Å². The van der Waals surface area contributed by atoms with Gasteiger partial charge in [0.25, 0.3) is 0 Å². The van der Waals surface area contributed by atoms with Crippen LogP contribution >= 0.6 is 0 Å². The van der Waals surface area contributed by atoms with Crippen LogP contribution in [-0.2, 0) is 4.79 Å². The fourth-order valence-electron chi connectivity index (χ4n) is 2.35. The molecule has 0 spiro atoms. The quantitative estimate of drug-likeness (QED) is 0.838. The van der Waals surface area contributed by atoms with Crippen molar-refractivity contribution in [3.05, 3.63) is 30.3 Å². The zero-order valence-corrected chi connectivity index (χ0v) is 11.7. The van der Waals surface area contributed by atoms with Crippen LogP contribution < -0.4 is 4.90 Å². The van der Waals surface area contributed by atoms with Crippen molar-refractivity contribution in [2.75, 3.05) is 18.0 Å². The van der Waals surface area contributed by atoms with Crippen molar-refractivity contribution < 1.29 is 9.59 Å². The van der Waals surface area contributed by atoms with Crippen LogP contribution in [0.25, 0.3) is 0 Å². The minimum Gasteiger partial charge on any atom is -0.323 e. The second kappa shape index (κ2) is 5.43. The van der Waals surface area contributed by atoms with Gasteiger partial charge in [-0.05, 0) is 18.1 Å². The molecule has 0 saturated carbocycles. The third-order valence-corrected chi connectivity index (χ3v) is 3.20. The summed E-state index contributed by atoms with van der Waals surface area (Å²) in [6, 6.07) is 8.92. The van der Waals surface area contributed by atoms with Crippen LogP contribution in [0.3, 0.4) is 0 Å². The summed E-state index contributed by atoms with van der Waals surface area (Å²) in [6.45, 7) is 7.21. The maximum atomic E-state index is 12.4. The Balaban J connectivity index is 2.29.